The van der Waals surface area contributed by atoms with Gasteiger partial charge in [0.15, 0.2) is 6.10 Å². The number of sulfonamides is 1. The molecular weight excluding hydrogens is 440 g/mol. The third-order valence-electron chi connectivity index (χ3n) is 6.69. The fourth-order valence-corrected chi connectivity index (χ4v) is 6.71. The van der Waals surface area contributed by atoms with E-state index in [4.69, 9.17) is 4.74 Å². The van der Waals surface area contributed by atoms with Crippen LogP contribution in [0.3, 0.4) is 0 Å². The molecule has 0 radical (unpaired) electrons. The Morgan fingerprint density at radius 1 is 0.939 bits per heavy atom. The first-order valence-corrected chi connectivity index (χ1v) is 13.2. The summed E-state index contributed by atoms with van der Waals surface area (Å²) in [6.45, 7) is 17.4. The smallest absolute Gasteiger partial charge is 0.309 e. The molecule has 186 valence electrons. The molecule has 1 aliphatic heterocycles. The maximum absolute atomic E-state index is 13.4. The lowest BCUT2D eigenvalue weighted by Gasteiger charge is -2.34. The number of carbonyl (C=O) groups is 2. The molecule has 1 aliphatic rings. The number of rotatable bonds is 7. The van der Waals surface area contributed by atoms with Gasteiger partial charge in [0.1, 0.15) is 0 Å². The highest BCUT2D eigenvalue weighted by atomic mass is 32.2. The van der Waals surface area contributed by atoms with Crippen LogP contribution < -0.4 is 0 Å². The molecule has 1 aromatic carbocycles. The summed E-state index contributed by atoms with van der Waals surface area (Å²) in [5, 5.41) is 0. The zero-order valence-corrected chi connectivity index (χ0v) is 22.4. The summed E-state index contributed by atoms with van der Waals surface area (Å²) >= 11 is 0. The van der Waals surface area contributed by atoms with Crippen molar-refractivity contribution in [3.63, 3.8) is 0 Å². The first-order chi connectivity index (χ1) is 15.2. The zero-order chi connectivity index (χ0) is 25.2. The van der Waals surface area contributed by atoms with Crippen molar-refractivity contribution in [2.24, 2.45) is 5.92 Å². The van der Waals surface area contributed by atoms with E-state index in [-0.39, 0.29) is 31.1 Å². The Kier molecular flexibility index (Phi) is 8.74. The van der Waals surface area contributed by atoms with E-state index in [1.165, 1.54) is 4.31 Å². The minimum atomic E-state index is -3.66. The number of nitrogens with zero attached hydrogens (tertiary/aromatic N) is 2. The van der Waals surface area contributed by atoms with Gasteiger partial charge >= 0.3 is 5.97 Å². The molecule has 1 atom stereocenters. The van der Waals surface area contributed by atoms with Crippen molar-refractivity contribution in [1.29, 1.82) is 0 Å². The van der Waals surface area contributed by atoms with Crippen LogP contribution in [0.5, 0.6) is 0 Å². The van der Waals surface area contributed by atoms with Gasteiger partial charge in [0.2, 0.25) is 10.0 Å². The predicted molar refractivity (Wildman–Crippen MR) is 130 cm³/mol. The molecule has 8 heteroatoms. The number of hydrogen-bond donors (Lipinski definition) is 0. The lowest BCUT2D eigenvalue weighted by Crippen LogP contribution is -2.48. The maximum atomic E-state index is 13.4. The summed E-state index contributed by atoms with van der Waals surface area (Å²) in [6, 6.07) is 2.02. The monoisotopic (exact) mass is 480 g/mol. The lowest BCUT2D eigenvalue weighted by molar-refractivity contribution is -0.165. The van der Waals surface area contributed by atoms with E-state index in [1.54, 1.807) is 11.8 Å². The van der Waals surface area contributed by atoms with Crippen LogP contribution in [0.2, 0.25) is 0 Å². The van der Waals surface area contributed by atoms with Crippen LogP contribution in [-0.4, -0.2) is 60.8 Å². The summed E-state index contributed by atoms with van der Waals surface area (Å²) in [4.78, 5) is 27.6. The largest absolute Gasteiger partial charge is 0.452 e. The first kappa shape index (κ1) is 27.3. The highest BCUT2D eigenvalue weighted by molar-refractivity contribution is 7.89. The van der Waals surface area contributed by atoms with Crippen LogP contribution in [-0.2, 0) is 24.3 Å². The molecule has 2 rings (SSSR count). The predicted octanol–water partition coefficient (Wildman–Crippen LogP) is 3.90. The van der Waals surface area contributed by atoms with Gasteiger partial charge in [-0.1, -0.05) is 6.07 Å². The van der Waals surface area contributed by atoms with Crippen molar-refractivity contribution in [3.05, 3.63) is 28.3 Å². The summed E-state index contributed by atoms with van der Waals surface area (Å²) in [7, 11) is -3.66. The average Bonchev–Trinajstić information content (AvgIpc) is 2.71. The molecule has 1 heterocycles. The summed E-state index contributed by atoms with van der Waals surface area (Å²) < 4.78 is 33.9. The quantitative estimate of drug-likeness (QED) is 0.553. The average molecular weight is 481 g/mol. The Balaban J connectivity index is 2.08. The normalized spacial score (nSPS) is 16.8. The van der Waals surface area contributed by atoms with E-state index < -0.39 is 28.0 Å². The molecule has 0 spiro atoms. The van der Waals surface area contributed by atoms with Crippen LogP contribution in [0.25, 0.3) is 0 Å². The highest BCUT2D eigenvalue weighted by Crippen LogP contribution is 2.31. The Morgan fingerprint density at radius 2 is 1.39 bits per heavy atom. The van der Waals surface area contributed by atoms with Gasteiger partial charge in [0.05, 0.1) is 10.8 Å². The molecule has 0 saturated carbocycles. The Hall–Kier alpha value is -1.93. The second kappa shape index (κ2) is 10.6. The summed E-state index contributed by atoms with van der Waals surface area (Å²) in [5.74, 6) is -1.06. The minimum absolute atomic E-state index is 0.00395. The number of benzene rings is 1. The zero-order valence-electron chi connectivity index (χ0n) is 21.6. The van der Waals surface area contributed by atoms with E-state index in [9.17, 15) is 18.0 Å². The van der Waals surface area contributed by atoms with E-state index in [0.717, 1.165) is 22.3 Å². The minimum Gasteiger partial charge on any atom is -0.452 e. The maximum Gasteiger partial charge on any atom is 0.309 e. The third-order valence-corrected chi connectivity index (χ3v) is 8.86. The van der Waals surface area contributed by atoms with E-state index >= 15 is 0 Å². The standard InChI is InChI=1S/C25H40N2O5S/c1-15(2)27(16(3)4)24(28)21(9)32-25(29)22-10-12-26(13-11-22)33(30,31)23-19(7)17(5)14-18(6)20(23)8/h14-16,21-22H,10-13H2,1-9H3. The van der Waals surface area contributed by atoms with Gasteiger partial charge in [-0.05, 0) is 97.4 Å². The second-order valence-electron chi connectivity index (χ2n) is 9.78. The molecule has 33 heavy (non-hydrogen) atoms. The van der Waals surface area contributed by atoms with E-state index in [1.807, 2.05) is 61.5 Å². The first-order valence-electron chi connectivity index (χ1n) is 11.8. The van der Waals surface area contributed by atoms with Gasteiger partial charge in [-0.3, -0.25) is 9.59 Å². The van der Waals surface area contributed by atoms with Gasteiger partial charge in [0.25, 0.3) is 5.91 Å². The molecule has 0 aliphatic carbocycles. The second-order valence-corrected chi connectivity index (χ2v) is 11.7. The molecular formula is C25H40N2O5S. The molecule has 1 saturated heterocycles. The number of ether oxygens (including phenoxy) is 1. The van der Waals surface area contributed by atoms with E-state index in [0.29, 0.717) is 17.7 Å². The van der Waals surface area contributed by atoms with Crippen molar-refractivity contribution in [1.82, 2.24) is 9.21 Å². The lowest BCUT2D eigenvalue weighted by atomic mass is 9.98. The number of hydrogen-bond acceptors (Lipinski definition) is 5. The van der Waals surface area contributed by atoms with Gasteiger partial charge < -0.3 is 9.64 Å². The van der Waals surface area contributed by atoms with Gasteiger partial charge in [-0.25, -0.2) is 8.42 Å². The van der Waals surface area contributed by atoms with Crippen molar-refractivity contribution in [2.75, 3.05) is 13.1 Å². The number of aryl methyl sites for hydroxylation is 2. The third kappa shape index (κ3) is 5.77. The van der Waals surface area contributed by atoms with Crippen molar-refractivity contribution >= 4 is 21.9 Å². The van der Waals surface area contributed by atoms with Crippen molar-refractivity contribution in [2.45, 2.75) is 98.2 Å². The molecule has 0 aromatic heterocycles. The number of piperidine rings is 1. The summed E-state index contributed by atoms with van der Waals surface area (Å²) in [5.41, 5.74) is 3.44. The van der Waals surface area contributed by atoms with Crippen LogP contribution in [0.1, 0.15) is 69.7 Å². The molecule has 1 unspecified atom stereocenters. The number of esters is 1. The Labute approximate surface area is 199 Å². The fourth-order valence-electron chi connectivity index (χ4n) is 4.66. The molecule has 1 aromatic rings. The van der Waals surface area contributed by atoms with Gasteiger partial charge in [-0.2, -0.15) is 4.31 Å². The topological polar surface area (TPSA) is 84.0 Å². The van der Waals surface area contributed by atoms with E-state index in [2.05, 4.69) is 0 Å². The van der Waals surface area contributed by atoms with Crippen molar-refractivity contribution < 1.29 is 22.7 Å². The van der Waals surface area contributed by atoms with Crippen LogP contribution in [0, 0.1) is 33.6 Å². The van der Waals surface area contributed by atoms with Crippen LogP contribution in [0.15, 0.2) is 11.0 Å². The molecule has 1 fully saturated rings. The van der Waals surface area contributed by atoms with Crippen LogP contribution >= 0.6 is 0 Å². The summed E-state index contributed by atoms with van der Waals surface area (Å²) in [6.07, 6.45) is -0.121. The van der Waals surface area contributed by atoms with Crippen molar-refractivity contribution in [3.8, 4) is 0 Å². The number of amides is 1. The molecule has 0 bridgehead atoms. The highest BCUT2D eigenvalue weighted by Gasteiger charge is 2.36. The Bertz CT molecular complexity index is 958. The fraction of sp³-hybridized carbons (Fsp3) is 0.680. The number of carbonyl (C=O) groups excluding carboxylic acids is 2. The Morgan fingerprint density at radius 3 is 1.82 bits per heavy atom. The van der Waals surface area contributed by atoms with Gasteiger partial charge in [0, 0.05) is 25.2 Å². The van der Waals surface area contributed by atoms with Gasteiger partial charge in [-0.15, -0.1) is 0 Å². The molecule has 0 N–H and O–H groups in total. The molecule has 7 nitrogen and oxygen atoms in total. The molecule has 1 amide bonds. The van der Waals surface area contributed by atoms with Crippen LogP contribution in [0.4, 0.5) is 0 Å². The SMILES string of the molecule is Cc1cc(C)c(C)c(S(=O)(=O)N2CCC(C(=O)OC(C)C(=O)N(C(C)C)C(C)C)CC2)c1C.